The molecule has 0 spiro atoms. The summed E-state index contributed by atoms with van der Waals surface area (Å²) in [4.78, 5) is 16.5. The highest BCUT2D eigenvalue weighted by Crippen LogP contribution is 2.37. The molecule has 27 heavy (non-hydrogen) atoms. The molecule has 3 rings (SSSR count). The van der Waals surface area contributed by atoms with Crippen molar-refractivity contribution in [2.45, 2.75) is 6.54 Å². The van der Waals surface area contributed by atoms with E-state index in [1.165, 1.54) is 5.56 Å². The van der Waals surface area contributed by atoms with Gasteiger partial charge in [0, 0.05) is 37.7 Å². The van der Waals surface area contributed by atoms with Crippen LogP contribution in [0.4, 0.5) is 0 Å². The van der Waals surface area contributed by atoms with Crippen LogP contribution < -0.4 is 4.74 Å². The highest BCUT2D eigenvalue weighted by Gasteiger charge is 2.22. The van der Waals surface area contributed by atoms with Crippen molar-refractivity contribution >= 4 is 52.3 Å². The number of nitrogens with zero attached hydrogens (tertiary/aromatic N) is 2. The van der Waals surface area contributed by atoms with Crippen LogP contribution in [0.25, 0.3) is 0 Å². The third kappa shape index (κ3) is 5.43. The van der Waals surface area contributed by atoms with E-state index in [1.54, 1.807) is 17.0 Å². The molecule has 1 aliphatic heterocycles. The Bertz CT molecular complexity index is 806. The van der Waals surface area contributed by atoms with E-state index >= 15 is 0 Å². The Kier molecular flexibility index (Phi) is 7.12. The van der Waals surface area contributed by atoms with Crippen molar-refractivity contribution in [2.24, 2.45) is 0 Å². The van der Waals surface area contributed by atoms with Crippen molar-refractivity contribution in [3.63, 3.8) is 0 Å². The van der Waals surface area contributed by atoms with Crippen LogP contribution in [0.2, 0.25) is 20.1 Å². The van der Waals surface area contributed by atoms with Gasteiger partial charge in [0.1, 0.15) is 5.02 Å². The van der Waals surface area contributed by atoms with Gasteiger partial charge in [-0.05, 0) is 29.8 Å². The molecule has 2 aromatic rings. The summed E-state index contributed by atoms with van der Waals surface area (Å²) in [5.41, 5.74) is 1.20. The lowest BCUT2D eigenvalue weighted by atomic mass is 10.2. The summed E-state index contributed by atoms with van der Waals surface area (Å²) >= 11 is 24.0. The lowest BCUT2D eigenvalue weighted by Gasteiger charge is -2.34. The molecule has 8 heteroatoms. The third-order valence-electron chi connectivity index (χ3n) is 4.39. The van der Waals surface area contributed by atoms with E-state index in [9.17, 15) is 4.79 Å². The van der Waals surface area contributed by atoms with Crippen LogP contribution in [0.15, 0.2) is 36.4 Å². The molecule has 0 radical (unpaired) electrons. The maximum atomic E-state index is 12.4. The predicted molar refractivity (Wildman–Crippen MR) is 110 cm³/mol. The number of hydrogen-bond acceptors (Lipinski definition) is 3. The monoisotopic (exact) mass is 446 g/mol. The molecule has 0 unspecified atom stereocenters. The number of amides is 1. The SMILES string of the molecule is O=C(COc1c(Cl)ccc(Cl)c1Cl)N1CCN(Cc2ccc(Cl)cc2)CC1. The zero-order valence-electron chi connectivity index (χ0n) is 14.4. The minimum atomic E-state index is -0.128. The number of piperazine rings is 1. The van der Waals surface area contributed by atoms with Gasteiger partial charge in [0.05, 0.1) is 10.0 Å². The van der Waals surface area contributed by atoms with E-state index < -0.39 is 0 Å². The van der Waals surface area contributed by atoms with Crippen molar-refractivity contribution in [3.8, 4) is 5.75 Å². The predicted octanol–water partition coefficient (Wildman–Crippen LogP) is 5.02. The van der Waals surface area contributed by atoms with Crippen LogP contribution >= 0.6 is 46.4 Å². The smallest absolute Gasteiger partial charge is 0.260 e. The number of rotatable bonds is 5. The number of ether oxygens (including phenoxy) is 1. The summed E-state index contributed by atoms with van der Waals surface area (Å²) in [5.74, 6) is 0.133. The lowest BCUT2D eigenvalue weighted by molar-refractivity contribution is -0.135. The topological polar surface area (TPSA) is 32.8 Å². The zero-order valence-corrected chi connectivity index (χ0v) is 17.5. The Morgan fingerprint density at radius 2 is 1.52 bits per heavy atom. The molecule has 1 fully saturated rings. The van der Waals surface area contributed by atoms with E-state index in [0.29, 0.717) is 23.1 Å². The van der Waals surface area contributed by atoms with Gasteiger partial charge in [-0.15, -0.1) is 0 Å². The molecule has 0 aromatic heterocycles. The van der Waals surface area contributed by atoms with Crippen molar-refractivity contribution in [2.75, 3.05) is 32.8 Å². The first-order valence-corrected chi connectivity index (χ1v) is 9.96. The standard InChI is InChI=1S/C19H18Cl4N2O2/c20-14-3-1-13(2-4-14)11-24-7-9-25(10-8-24)17(26)12-27-19-16(22)6-5-15(21)18(19)23/h1-6H,7-12H2. The molecular formula is C19H18Cl4N2O2. The van der Waals surface area contributed by atoms with Gasteiger partial charge >= 0.3 is 0 Å². The average Bonchev–Trinajstić information content (AvgIpc) is 2.67. The van der Waals surface area contributed by atoms with E-state index in [2.05, 4.69) is 4.90 Å². The second-order valence-electron chi connectivity index (χ2n) is 6.24. The fourth-order valence-electron chi connectivity index (χ4n) is 2.87. The maximum Gasteiger partial charge on any atom is 0.260 e. The summed E-state index contributed by atoms with van der Waals surface area (Å²) < 4.78 is 5.53. The maximum absolute atomic E-state index is 12.4. The van der Waals surface area contributed by atoms with Crippen molar-refractivity contribution in [3.05, 3.63) is 62.1 Å². The Balaban J connectivity index is 1.49. The van der Waals surface area contributed by atoms with Gasteiger partial charge in [-0.1, -0.05) is 58.5 Å². The summed E-state index contributed by atoms with van der Waals surface area (Å²) in [6.45, 7) is 3.60. The highest BCUT2D eigenvalue weighted by atomic mass is 35.5. The molecule has 144 valence electrons. The van der Waals surface area contributed by atoms with Crippen molar-refractivity contribution in [1.29, 1.82) is 0 Å². The number of hydrogen-bond donors (Lipinski definition) is 0. The molecule has 0 N–H and O–H groups in total. The molecular weight excluding hydrogens is 430 g/mol. The first-order chi connectivity index (χ1) is 12.9. The Morgan fingerprint density at radius 3 is 2.19 bits per heavy atom. The fraction of sp³-hybridized carbons (Fsp3) is 0.316. The summed E-state index contributed by atoms with van der Waals surface area (Å²) in [5, 5.41) is 1.60. The number of carbonyl (C=O) groups excluding carboxylic acids is 1. The van der Waals surface area contributed by atoms with E-state index in [0.717, 1.165) is 24.7 Å². The number of halogens is 4. The summed E-state index contributed by atoms with van der Waals surface area (Å²) in [7, 11) is 0. The average molecular weight is 448 g/mol. The first kappa shape index (κ1) is 20.6. The molecule has 2 aromatic carbocycles. The molecule has 1 amide bonds. The van der Waals surface area contributed by atoms with Crippen molar-refractivity contribution in [1.82, 2.24) is 9.80 Å². The molecule has 0 atom stereocenters. The minimum absolute atomic E-state index is 0.103. The largest absolute Gasteiger partial charge is 0.481 e. The zero-order chi connectivity index (χ0) is 19.4. The van der Waals surface area contributed by atoms with Gasteiger partial charge in [0.15, 0.2) is 12.4 Å². The van der Waals surface area contributed by atoms with E-state index in [-0.39, 0.29) is 23.3 Å². The van der Waals surface area contributed by atoms with E-state index in [4.69, 9.17) is 51.1 Å². The van der Waals surface area contributed by atoms with Gasteiger partial charge < -0.3 is 9.64 Å². The number of carbonyl (C=O) groups is 1. The van der Waals surface area contributed by atoms with Crippen LogP contribution in [-0.2, 0) is 11.3 Å². The van der Waals surface area contributed by atoms with Crippen LogP contribution in [0.3, 0.4) is 0 Å². The van der Waals surface area contributed by atoms with Crippen molar-refractivity contribution < 1.29 is 9.53 Å². The Hall–Kier alpha value is -1.17. The van der Waals surface area contributed by atoms with Crippen LogP contribution in [-0.4, -0.2) is 48.5 Å². The molecule has 0 saturated carbocycles. The lowest BCUT2D eigenvalue weighted by Crippen LogP contribution is -2.49. The molecule has 4 nitrogen and oxygen atoms in total. The van der Waals surface area contributed by atoms with Gasteiger partial charge in [-0.2, -0.15) is 0 Å². The second kappa shape index (κ2) is 9.35. The number of benzene rings is 2. The Morgan fingerprint density at radius 1 is 0.889 bits per heavy atom. The van der Waals surface area contributed by atoms with Gasteiger partial charge in [0.25, 0.3) is 5.91 Å². The molecule has 1 heterocycles. The second-order valence-corrected chi connectivity index (χ2v) is 7.87. The normalized spacial score (nSPS) is 15.0. The van der Waals surface area contributed by atoms with Crippen LogP contribution in [0, 0.1) is 0 Å². The fourth-order valence-corrected chi connectivity index (χ4v) is 3.62. The molecule has 1 saturated heterocycles. The Labute approximate surface area is 178 Å². The van der Waals surface area contributed by atoms with Crippen LogP contribution in [0.5, 0.6) is 5.75 Å². The molecule has 0 bridgehead atoms. The third-order valence-corrected chi connectivity index (χ3v) is 5.72. The molecule has 1 aliphatic rings. The summed E-state index contributed by atoms with van der Waals surface area (Å²) in [6, 6.07) is 11.0. The minimum Gasteiger partial charge on any atom is -0.481 e. The highest BCUT2D eigenvalue weighted by molar-refractivity contribution is 6.44. The van der Waals surface area contributed by atoms with E-state index in [1.807, 2.05) is 24.3 Å². The van der Waals surface area contributed by atoms with Gasteiger partial charge in [-0.3, -0.25) is 9.69 Å². The van der Waals surface area contributed by atoms with Gasteiger partial charge in [-0.25, -0.2) is 0 Å². The first-order valence-electron chi connectivity index (χ1n) is 8.45. The quantitative estimate of drug-likeness (QED) is 0.603. The summed E-state index contributed by atoms with van der Waals surface area (Å²) in [6.07, 6.45) is 0. The van der Waals surface area contributed by atoms with Gasteiger partial charge in [0.2, 0.25) is 0 Å². The molecule has 0 aliphatic carbocycles. The van der Waals surface area contributed by atoms with Crippen LogP contribution in [0.1, 0.15) is 5.56 Å².